The van der Waals surface area contributed by atoms with Crippen molar-refractivity contribution in [2.24, 2.45) is 0 Å². The molecule has 2 N–H and O–H groups in total. The molecule has 0 aliphatic carbocycles. The summed E-state index contributed by atoms with van der Waals surface area (Å²) in [7, 11) is 0. The highest BCUT2D eigenvalue weighted by molar-refractivity contribution is 5.67. The Balaban J connectivity index is 1.71. The minimum absolute atomic E-state index is 0.0239. The number of rotatable bonds is 3. The summed E-state index contributed by atoms with van der Waals surface area (Å²) in [5.41, 5.74) is 1.07. The van der Waals surface area contributed by atoms with Crippen LogP contribution in [0.15, 0.2) is 30.3 Å². The maximum Gasteiger partial charge on any atom is 0.407 e. The Bertz CT molecular complexity index is 334. The minimum Gasteiger partial charge on any atom is -0.445 e. The van der Waals surface area contributed by atoms with Crippen molar-refractivity contribution in [3.8, 4) is 0 Å². The molecule has 1 fully saturated rings. The summed E-state index contributed by atoms with van der Waals surface area (Å²) >= 11 is 0. The van der Waals surface area contributed by atoms with Gasteiger partial charge in [-0.2, -0.15) is 0 Å². The third kappa shape index (κ3) is 3.24. The van der Waals surface area contributed by atoms with Gasteiger partial charge in [0.2, 0.25) is 0 Å². The second-order valence-corrected chi connectivity index (χ2v) is 3.86. The fourth-order valence-corrected chi connectivity index (χ4v) is 1.69. The molecule has 1 saturated heterocycles. The summed E-state index contributed by atoms with van der Waals surface area (Å²) in [5, 5.41) is 5.88. The highest BCUT2D eigenvalue weighted by atomic mass is 16.6. The third-order valence-electron chi connectivity index (χ3n) is 2.57. The highest BCUT2D eigenvalue weighted by Gasteiger charge is 2.18. The van der Waals surface area contributed by atoms with Crippen molar-refractivity contribution in [1.82, 2.24) is 10.6 Å². The number of amides is 1. The Hall–Kier alpha value is -1.55. The first-order valence-corrected chi connectivity index (χ1v) is 5.54. The van der Waals surface area contributed by atoms with Gasteiger partial charge in [0.25, 0.3) is 0 Å². The van der Waals surface area contributed by atoms with E-state index in [1.54, 1.807) is 0 Å². The maximum atomic E-state index is 11.4. The summed E-state index contributed by atoms with van der Waals surface area (Å²) in [5.74, 6) is 0. The monoisotopic (exact) mass is 220 g/mol. The van der Waals surface area contributed by atoms with Crippen molar-refractivity contribution in [2.45, 2.75) is 19.1 Å². The van der Waals surface area contributed by atoms with Crippen molar-refractivity contribution in [1.29, 1.82) is 0 Å². The van der Waals surface area contributed by atoms with Crippen LogP contribution in [0.5, 0.6) is 0 Å². The van der Waals surface area contributed by atoms with E-state index >= 15 is 0 Å². The smallest absolute Gasteiger partial charge is 0.407 e. The molecule has 86 valence electrons. The Kier molecular flexibility index (Phi) is 3.77. The van der Waals surface area contributed by atoms with Crippen molar-refractivity contribution in [3.63, 3.8) is 0 Å². The Morgan fingerprint density at radius 1 is 1.44 bits per heavy atom. The van der Waals surface area contributed by atoms with Gasteiger partial charge >= 0.3 is 6.09 Å². The van der Waals surface area contributed by atoms with Crippen LogP contribution in [0.25, 0.3) is 0 Å². The number of ether oxygens (including phenoxy) is 1. The zero-order chi connectivity index (χ0) is 11.2. The average molecular weight is 220 g/mol. The van der Waals surface area contributed by atoms with Gasteiger partial charge < -0.3 is 15.4 Å². The van der Waals surface area contributed by atoms with Crippen LogP contribution in [0, 0.1) is 0 Å². The predicted molar refractivity (Wildman–Crippen MR) is 61.0 cm³/mol. The van der Waals surface area contributed by atoms with Crippen LogP contribution in [0.3, 0.4) is 0 Å². The summed E-state index contributed by atoms with van der Waals surface area (Å²) < 4.78 is 5.22. The van der Waals surface area contributed by atoms with Gasteiger partial charge in [0.05, 0.1) is 0 Å². The molecule has 2 rings (SSSR count). The molecular formula is C12H16N2O2. The first kappa shape index (κ1) is 11.0. The largest absolute Gasteiger partial charge is 0.445 e. The van der Waals surface area contributed by atoms with E-state index in [0.717, 1.165) is 25.1 Å². The molecular weight excluding hydrogens is 204 g/mol. The van der Waals surface area contributed by atoms with E-state index in [1.807, 2.05) is 30.3 Å². The third-order valence-corrected chi connectivity index (χ3v) is 2.57. The Labute approximate surface area is 95.0 Å². The molecule has 0 bridgehead atoms. The number of hydrogen-bond donors (Lipinski definition) is 2. The molecule has 1 aromatic carbocycles. The topological polar surface area (TPSA) is 50.4 Å². The van der Waals surface area contributed by atoms with E-state index in [2.05, 4.69) is 10.6 Å². The zero-order valence-electron chi connectivity index (χ0n) is 9.11. The molecule has 1 heterocycles. The van der Waals surface area contributed by atoms with E-state index in [-0.39, 0.29) is 12.2 Å². The lowest BCUT2D eigenvalue weighted by Crippen LogP contribution is -2.29. The summed E-state index contributed by atoms with van der Waals surface area (Å²) in [4.78, 5) is 11.4. The summed E-state index contributed by atoms with van der Waals surface area (Å²) in [6.45, 7) is 2.20. The molecule has 4 nitrogen and oxygen atoms in total. The van der Waals surface area contributed by atoms with Crippen LogP contribution in [0.1, 0.15) is 12.0 Å². The second kappa shape index (κ2) is 5.51. The van der Waals surface area contributed by atoms with Gasteiger partial charge in [-0.15, -0.1) is 0 Å². The first-order chi connectivity index (χ1) is 7.84. The number of benzene rings is 1. The Morgan fingerprint density at radius 3 is 2.94 bits per heavy atom. The second-order valence-electron chi connectivity index (χ2n) is 3.86. The fraction of sp³-hybridized carbons (Fsp3) is 0.417. The van der Waals surface area contributed by atoms with Gasteiger partial charge in [0.15, 0.2) is 0 Å². The van der Waals surface area contributed by atoms with Gasteiger partial charge in [0, 0.05) is 13.1 Å². The van der Waals surface area contributed by atoms with Gasteiger partial charge in [0.1, 0.15) is 6.10 Å². The van der Waals surface area contributed by atoms with Crippen LogP contribution < -0.4 is 10.6 Å². The lowest BCUT2D eigenvalue weighted by atomic mass is 10.2. The number of alkyl carbamates (subject to hydrolysis) is 1. The van der Waals surface area contributed by atoms with Gasteiger partial charge in [-0.25, -0.2) is 4.79 Å². The average Bonchev–Trinajstić information content (AvgIpc) is 2.81. The van der Waals surface area contributed by atoms with Crippen LogP contribution in [0.4, 0.5) is 4.79 Å². The lowest BCUT2D eigenvalue weighted by Gasteiger charge is -2.11. The first-order valence-electron chi connectivity index (χ1n) is 5.54. The lowest BCUT2D eigenvalue weighted by molar-refractivity contribution is 0.107. The zero-order valence-corrected chi connectivity index (χ0v) is 9.11. The molecule has 4 heteroatoms. The van der Waals surface area contributed by atoms with Crippen molar-refractivity contribution in [2.75, 3.05) is 13.1 Å². The molecule has 1 aromatic rings. The molecule has 0 radical (unpaired) electrons. The van der Waals surface area contributed by atoms with Gasteiger partial charge in [-0.1, -0.05) is 30.3 Å². The van der Waals surface area contributed by atoms with Gasteiger partial charge in [-0.3, -0.25) is 0 Å². The summed E-state index contributed by atoms with van der Waals surface area (Å²) in [6, 6.07) is 9.79. The van der Waals surface area contributed by atoms with Crippen molar-refractivity contribution < 1.29 is 9.53 Å². The quantitative estimate of drug-likeness (QED) is 0.806. The molecule has 0 unspecified atom stereocenters. The standard InChI is InChI=1S/C12H16N2O2/c15-12(16-11-6-7-13-9-11)14-8-10-4-2-1-3-5-10/h1-5,11,13H,6-9H2,(H,14,15)/t11-/m1/s1. The predicted octanol–water partition coefficient (Wildman–Crippen LogP) is 1.27. The minimum atomic E-state index is -0.336. The van der Waals surface area contributed by atoms with Crippen LogP contribution in [-0.4, -0.2) is 25.3 Å². The Morgan fingerprint density at radius 2 is 2.25 bits per heavy atom. The number of nitrogens with one attached hydrogen (secondary N) is 2. The maximum absolute atomic E-state index is 11.4. The number of hydrogen-bond acceptors (Lipinski definition) is 3. The fourth-order valence-electron chi connectivity index (χ4n) is 1.69. The normalized spacial score (nSPS) is 19.4. The molecule has 0 spiro atoms. The molecule has 0 aromatic heterocycles. The van der Waals surface area contributed by atoms with Crippen molar-refractivity contribution >= 4 is 6.09 Å². The SMILES string of the molecule is O=C(NCc1ccccc1)O[C@@H]1CCNC1. The molecule has 1 aliphatic rings. The number of carbonyl (C=O) groups excluding carboxylic acids is 1. The molecule has 1 amide bonds. The molecule has 0 saturated carbocycles. The van der Waals surface area contributed by atoms with E-state index in [1.165, 1.54) is 0 Å². The molecule has 1 atom stereocenters. The van der Waals surface area contributed by atoms with E-state index in [9.17, 15) is 4.79 Å². The molecule has 16 heavy (non-hydrogen) atoms. The number of carbonyl (C=O) groups is 1. The van der Waals surface area contributed by atoms with E-state index in [0.29, 0.717) is 6.54 Å². The van der Waals surface area contributed by atoms with Crippen LogP contribution in [0.2, 0.25) is 0 Å². The summed E-state index contributed by atoms with van der Waals surface area (Å²) in [6.07, 6.45) is 0.590. The van der Waals surface area contributed by atoms with Crippen LogP contribution >= 0.6 is 0 Å². The van der Waals surface area contributed by atoms with Gasteiger partial charge in [-0.05, 0) is 18.5 Å². The van der Waals surface area contributed by atoms with E-state index in [4.69, 9.17) is 4.74 Å². The molecule has 1 aliphatic heterocycles. The van der Waals surface area contributed by atoms with E-state index < -0.39 is 0 Å². The van der Waals surface area contributed by atoms with Crippen LogP contribution in [-0.2, 0) is 11.3 Å². The van der Waals surface area contributed by atoms with Crippen molar-refractivity contribution in [3.05, 3.63) is 35.9 Å². The highest BCUT2D eigenvalue weighted by Crippen LogP contribution is 2.03.